The molecule has 0 bridgehead atoms. The quantitative estimate of drug-likeness (QED) is 0.546. The van der Waals surface area contributed by atoms with Crippen molar-refractivity contribution in [3.63, 3.8) is 0 Å². The summed E-state index contributed by atoms with van der Waals surface area (Å²) in [6, 6.07) is 4.11. The molecule has 2 aromatic heterocycles. The molecule has 3 aromatic rings. The van der Waals surface area contributed by atoms with Crippen molar-refractivity contribution >= 4 is 10.0 Å². The van der Waals surface area contributed by atoms with Gasteiger partial charge in [-0.1, -0.05) is 0 Å². The van der Waals surface area contributed by atoms with Gasteiger partial charge < -0.3 is 0 Å². The molecule has 0 atom stereocenters. The van der Waals surface area contributed by atoms with E-state index in [-0.39, 0.29) is 30.6 Å². The number of sulfonamides is 1. The van der Waals surface area contributed by atoms with Crippen molar-refractivity contribution in [3.05, 3.63) is 70.3 Å². The third kappa shape index (κ3) is 5.34. The van der Waals surface area contributed by atoms with Crippen molar-refractivity contribution in [3.8, 4) is 5.82 Å². The first-order valence-electron chi connectivity index (χ1n) is 8.65. The van der Waals surface area contributed by atoms with E-state index < -0.39 is 50.5 Å². The van der Waals surface area contributed by atoms with Gasteiger partial charge >= 0.3 is 12.4 Å². The summed E-state index contributed by atoms with van der Waals surface area (Å²) < 4.78 is 107. The molecule has 0 aliphatic heterocycles. The summed E-state index contributed by atoms with van der Waals surface area (Å²) in [5.74, 6) is 0.227. The Balaban J connectivity index is 1.83. The molecule has 0 radical (unpaired) electrons. The van der Waals surface area contributed by atoms with Crippen molar-refractivity contribution in [2.45, 2.75) is 23.8 Å². The molecule has 0 fully saturated rings. The van der Waals surface area contributed by atoms with Crippen LogP contribution in [-0.4, -0.2) is 34.5 Å². The third-order valence-electron chi connectivity index (χ3n) is 4.08. The van der Waals surface area contributed by atoms with Gasteiger partial charge in [0.1, 0.15) is 0 Å². The molecule has 0 spiro atoms. The molecule has 1 aromatic carbocycles. The van der Waals surface area contributed by atoms with Gasteiger partial charge in [0.15, 0.2) is 5.82 Å². The van der Waals surface area contributed by atoms with E-state index in [1.54, 1.807) is 6.07 Å². The highest BCUT2D eigenvalue weighted by Gasteiger charge is 2.38. The van der Waals surface area contributed by atoms with Crippen molar-refractivity contribution < 1.29 is 34.8 Å². The lowest BCUT2D eigenvalue weighted by Gasteiger charge is -2.15. The van der Waals surface area contributed by atoms with Crippen LogP contribution in [0.1, 0.15) is 11.1 Å². The van der Waals surface area contributed by atoms with Gasteiger partial charge in [-0.05, 0) is 30.3 Å². The monoisotopic (exact) mass is 481 g/mol. The lowest BCUT2D eigenvalue weighted by molar-refractivity contribution is -0.143. The first kappa shape index (κ1) is 23.5. The maximum Gasteiger partial charge on any atom is 0.416 e. The van der Waals surface area contributed by atoms with Crippen LogP contribution >= 0.6 is 0 Å². The Morgan fingerprint density at radius 2 is 1.59 bits per heavy atom. The fraction of sp³-hybridized carbons (Fsp3) is 0.235. The minimum Gasteiger partial charge on any atom is -0.268 e. The predicted molar refractivity (Wildman–Crippen MR) is 97.3 cm³/mol. The zero-order valence-electron chi connectivity index (χ0n) is 15.7. The molecule has 1 N–H and O–H groups in total. The van der Waals surface area contributed by atoms with Crippen LogP contribution in [0.4, 0.5) is 26.3 Å². The molecule has 0 unspecified atom stereocenters. The summed E-state index contributed by atoms with van der Waals surface area (Å²) >= 11 is 0. The maximum atomic E-state index is 13.0. The highest BCUT2D eigenvalue weighted by Crippen LogP contribution is 2.37. The van der Waals surface area contributed by atoms with Crippen LogP contribution in [0.15, 0.2) is 58.5 Å². The first-order valence-corrected chi connectivity index (χ1v) is 10.1. The van der Waals surface area contributed by atoms with Crippen LogP contribution in [0.3, 0.4) is 0 Å². The number of aromatic nitrogens is 4. The zero-order chi connectivity index (χ0) is 23.7. The molecular weight excluding hydrogens is 468 g/mol. The van der Waals surface area contributed by atoms with Gasteiger partial charge in [-0.3, -0.25) is 4.79 Å². The summed E-state index contributed by atoms with van der Waals surface area (Å²) in [6.45, 7) is -0.881. The third-order valence-corrected chi connectivity index (χ3v) is 5.52. The van der Waals surface area contributed by atoms with Crippen molar-refractivity contribution in [2.24, 2.45) is 0 Å². The Morgan fingerprint density at radius 3 is 2.12 bits per heavy atom. The highest BCUT2D eigenvalue weighted by molar-refractivity contribution is 7.89. The number of nitrogens with one attached hydrogen (secondary N) is 1. The van der Waals surface area contributed by atoms with E-state index >= 15 is 0 Å². The molecule has 8 nitrogen and oxygen atoms in total. The fourth-order valence-corrected chi connectivity index (χ4v) is 3.67. The predicted octanol–water partition coefficient (Wildman–Crippen LogP) is 2.45. The summed E-state index contributed by atoms with van der Waals surface area (Å²) in [6.07, 6.45) is -7.41. The van der Waals surface area contributed by atoms with Gasteiger partial charge in [0, 0.05) is 25.0 Å². The SMILES string of the molecule is O=c1ccc(-n2cccn2)nn1CCNS(=O)(=O)c1cc(C(F)(F)F)cc(C(F)(F)F)c1. The van der Waals surface area contributed by atoms with Crippen LogP contribution in [0.5, 0.6) is 0 Å². The number of alkyl halides is 6. The van der Waals surface area contributed by atoms with Crippen molar-refractivity contribution in [1.29, 1.82) is 0 Å². The van der Waals surface area contributed by atoms with Crippen molar-refractivity contribution in [1.82, 2.24) is 24.3 Å². The molecule has 0 saturated heterocycles. The average Bonchev–Trinajstić information content (AvgIpc) is 3.22. The van der Waals surface area contributed by atoms with Gasteiger partial charge in [0.05, 0.1) is 22.6 Å². The molecule has 0 saturated carbocycles. The van der Waals surface area contributed by atoms with Gasteiger partial charge in [-0.25, -0.2) is 22.5 Å². The van der Waals surface area contributed by atoms with Crippen LogP contribution in [-0.2, 0) is 28.9 Å². The van der Waals surface area contributed by atoms with E-state index in [1.165, 1.54) is 23.1 Å². The number of benzene rings is 1. The average molecular weight is 481 g/mol. The summed E-state index contributed by atoms with van der Waals surface area (Å²) in [7, 11) is -4.77. The van der Waals surface area contributed by atoms with E-state index in [9.17, 15) is 39.6 Å². The zero-order valence-corrected chi connectivity index (χ0v) is 16.5. The molecule has 0 aliphatic rings. The lowest BCUT2D eigenvalue weighted by Crippen LogP contribution is -2.32. The van der Waals surface area contributed by atoms with Crippen LogP contribution in [0.2, 0.25) is 0 Å². The molecule has 0 aliphatic carbocycles. The minimum atomic E-state index is -5.20. The Hall–Kier alpha value is -3.20. The molecule has 15 heteroatoms. The second-order valence-electron chi connectivity index (χ2n) is 6.34. The maximum absolute atomic E-state index is 13.0. The number of hydrogen-bond acceptors (Lipinski definition) is 5. The van der Waals surface area contributed by atoms with Gasteiger partial charge in [-0.15, -0.1) is 5.10 Å². The summed E-state index contributed by atoms with van der Waals surface area (Å²) in [5, 5.41) is 7.89. The Labute approximate surface area is 176 Å². The molecule has 0 amide bonds. The normalized spacial score (nSPS) is 12.8. The van der Waals surface area contributed by atoms with E-state index in [1.807, 2.05) is 4.72 Å². The number of hydrogen-bond donors (Lipinski definition) is 1. The topological polar surface area (TPSA) is 98.9 Å². The highest BCUT2D eigenvalue weighted by atomic mass is 32.2. The molecule has 172 valence electrons. The summed E-state index contributed by atoms with van der Waals surface area (Å²) in [5.41, 5.74) is -4.14. The Bertz CT molecular complexity index is 1230. The molecule has 2 heterocycles. The fourth-order valence-electron chi connectivity index (χ4n) is 2.58. The summed E-state index contributed by atoms with van der Waals surface area (Å²) in [4.78, 5) is 10.7. The van der Waals surface area contributed by atoms with Crippen LogP contribution in [0, 0.1) is 0 Å². The smallest absolute Gasteiger partial charge is 0.268 e. The van der Waals surface area contributed by atoms with Gasteiger partial charge in [-0.2, -0.15) is 31.4 Å². The second-order valence-corrected chi connectivity index (χ2v) is 8.11. The number of nitrogens with zero attached hydrogens (tertiary/aromatic N) is 4. The van der Waals surface area contributed by atoms with Crippen molar-refractivity contribution in [2.75, 3.05) is 6.54 Å². The lowest BCUT2D eigenvalue weighted by atomic mass is 10.1. The first-order chi connectivity index (χ1) is 14.8. The molecule has 3 rings (SSSR count). The Morgan fingerprint density at radius 1 is 0.969 bits per heavy atom. The number of rotatable bonds is 6. The molecular formula is C17H13F6N5O3S. The number of halogens is 6. The van der Waals surface area contributed by atoms with Crippen LogP contribution < -0.4 is 10.3 Å². The minimum absolute atomic E-state index is 0.0975. The van der Waals surface area contributed by atoms with E-state index in [0.717, 1.165) is 10.7 Å². The van der Waals surface area contributed by atoms with E-state index in [2.05, 4.69) is 10.2 Å². The van der Waals surface area contributed by atoms with Gasteiger partial charge in [0.25, 0.3) is 5.56 Å². The standard InChI is InChI=1S/C17H13F6N5O3S/c18-16(19,20)11-8-12(17(21,22)23)10-13(9-11)32(30,31)25-5-7-28-15(29)3-2-14(26-28)27-6-1-4-24-27/h1-4,6,8-10,25H,5,7H2. The van der Waals surface area contributed by atoms with Gasteiger partial charge in [0.2, 0.25) is 10.0 Å². The largest absolute Gasteiger partial charge is 0.416 e. The van der Waals surface area contributed by atoms with Crippen LogP contribution in [0.25, 0.3) is 5.82 Å². The second kappa shape index (κ2) is 8.38. The van der Waals surface area contributed by atoms with E-state index in [0.29, 0.717) is 0 Å². The molecule has 32 heavy (non-hydrogen) atoms. The van der Waals surface area contributed by atoms with E-state index in [4.69, 9.17) is 0 Å². The Kier molecular flexibility index (Phi) is 6.15.